The normalized spacial score (nSPS) is 18.5. The van der Waals surface area contributed by atoms with E-state index in [1.807, 2.05) is 0 Å². The van der Waals surface area contributed by atoms with Crippen molar-refractivity contribution in [2.45, 2.75) is 30.9 Å². The second-order valence-corrected chi connectivity index (χ2v) is 11.5. The summed E-state index contributed by atoms with van der Waals surface area (Å²) in [5.74, 6) is -4.75. The topological polar surface area (TPSA) is 271 Å². The Labute approximate surface area is 254 Å². The number of nitro groups is 2. The second-order valence-electron chi connectivity index (χ2n) is 9.52. The molecule has 0 aliphatic carbocycles. The Morgan fingerprint density at radius 3 is 2.36 bits per heavy atom. The highest BCUT2D eigenvalue weighted by molar-refractivity contribution is 8.00. The fraction of sp³-hybridized carbons (Fsp3) is 0.250. The first kappa shape index (κ1) is 31.6. The number of amides is 2. The molecule has 44 heavy (non-hydrogen) atoms. The van der Waals surface area contributed by atoms with E-state index < -0.39 is 73.4 Å². The van der Waals surface area contributed by atoms with E-state index in [-0.39, 0.29) is 27.7 Å². The molecular formula is C24H21N7O11S2. The van der Waals surface area contributed by atoms with Gasteiger partial charge in [0.15, 0.2) is 10.8 Å². The summed E-state index contributed by atoms with van der Waals surface area (Å²) in [6.07, 6.45) is 2.19. The fourth-order valence-electron chi connectivity index (χ4n) is 3.99. The lowest BCUT2D eigenvalue weighted by atomic mass is 10.0. The smallest absolute Gasteiger partial charge is 0.352 e. The molecule has 18 nitrogen and oxygen atoms in total. The number of thiazole rings is 1. The summed E-state index contributed by atoms with van der Waals surface area (Å²) in [5, 5.41) is 48.8. The summed E-state index contributed by atoms with van der Waals surface area (Å²) in [6, 6.07) is 2.02. The van der Waals surface area contributed by atoms with Crippen molar-refractivity contribution >= 4 is 75.1 Å². The van der Waals surface area contributed by atoms with Crippen molar-refractivity contribution in [1.29, 1.82) is 0 Å². The van der Waals surface area contributed by atoms with Gasteiger partial charge in [-0.2, -0.15) is 0 Å². The number of carboxylic acids is 2. The highest BCUT2D eigenvalue weighted by Crippen LogP contribution is 2.41. The average molecular weight is 648 g/mol. The highest BCUT2D eigenvalue weighted by Gasteiger charge is 2.54. The molecular weight excluding hydrogens is 626 g/mol. The van der Waals surface area contributed by atoms with Gasteiger partial charge >= 0.3 is 11.9 Å². The number of rotatable bonds is 11. The Morgan fingerprint density at radius 2 is 1.84 bits per heavy atom. The number of nitro benzene ring substituents is 2. The first-order valence-corrected chi connectivity index (χ1v) is 14.1. The van der Waals surface area contributed by atoms with Gasteiger partial charge in [0.25, 0.3) is 23.2 Å². The number of nitrogens with two attached hydrogens (primary N) is 1. The number of β-lactam (4-membered cyclic amide) rings is 1. The molecule has 230 valence electrons. The number of hydrogen-bond acceptors (Lipinski definition) is 14. The van der Waals surface area contributed by atoms with Gasteiger partial charge in [0.2, 0.25) is 5.60 Å². The third-order valence-electron chi connectivity index (χ3n) is 6.25. The number of anilines is 1. The number of nitrogens with one attached hydrogen (secondary N) is 1. The van der Waals surface area contributed by atoms with Crippen molar-refractivity contribution in [3.8, 4) is 0 Å². The zero-order chi connectivity index (χ0) is 32.5. The number of aliphatic carboxylic acids is 2. The van der Waals surface area contributed by atoms with E-state index in [0.29, 0.717) is 0 Å². The molecule has 0 spiro atoms. The van der Waals surface area contributed by atoms with Crippen molar-refractivity contribution in [3.63, 3.8) is 0 Å². The Morgan fingerprint density at radius 1 is 1.20 bits per heavy atom. The summed E-state index contributed by atoms with van der Waals surface area (Å²) >= 11 is 2.01. The van der Waals surface area contributed by atoms with Crippen LogP contribution in [0.15, 0.2) is 46.1 Å². The number of carboxylic acid groups (broad SMARTS) is 2. The van der Waals surface area contributed by atoms with Crippen molar-refractivity contribution in [3.05, 3.63) is 72.4 Å². The van der Waals surface area contributed by atoms with Crippen molar-refractivity contribution in [2.24, 2.45) is 5.16 Å². The Balaban J connectivity index is 1.61. The lowest BCUT2D eigenvalue weighted by Crippen LogP contribution is -2.71. The summed E-state index contributed by atoms with van der Waals surface area (Å²) in [6.45, 7) is 2.38. The number of carbonyl (C=O) groups is 4. The largest absolute Gasteiger partial charge is 0.478 e. The number of nitrogen functional groups attached to an aromatic ring is 1. The molecule has 20 heteroatoms. The van der Waals surface area contributed by atoms with Gasteiger partial charge in [0.05, 0.1) is 9.85 Å². The van der Waals surface area contributed by atoms with Gasteiger partial charge in [0, 0.05) is 23.3 Å². The van der Waals surface area contributed by atoms with Crippen molar-refractivity contribution < 1.29 is 44.1 Å². The molecule has 0 saturated carbocycles. The second kappa shape index (κ2) is 12.1. The number of nitrogens with zero attached hydrogens (tertiary/aromatic N) is 5. The van der Waals surface area contributed by atoms with Crippen LogP contribution in [-0.4, -0.2) is 82.2 Å². The molecule has 2 atom stereocenters. The summed E-state index contributed by atoms with van der Waals surface area (Å²) in [5.41, 5.74) is 1.31. The van der Waals surface area contributed by atoms with Gasteiger partial charge in [-0.1, -0.05) is 11.2 Å². The first-order chi connectivity index (χ1) is 20.6. The van der Waals surface area contributed by atoms with Crippen LogP contribution in [-0.2, 0) is 24.0 Å². The van der Waals surface area contributed by atoms with Crippen molar-refractivity contribution in [2.75, 3.05) is 11.5 Å². The molecule has 3 heterocycles. The van der Waals surface area contributed by atoms with Gasteiger partial charge in [0.1, 0.15) is 28.4 Å². The third kappa shape index (κ3) is 6.06. The summed E-state index contributed by atoms with van der Waals surface area (Å²) in [7, 11) is 0. The molecule has 5 N–H and O–H groups in total. The van der Waals surface area contributed by atoms with Crippen LogP contribution in [0.4, 0.5) is 16.5 Å². The van der Waals surface area contributed by atoms with Crippen LogP contribution in [0.25, 0.3) is 6.08 Å². The quantitative estimate of drug-likeness (QED) is 0.117. The summed E-state index contributed by atoms with van der Waals surface area (Å²) in [4.78, 5) is 81.2. The first-order valence-electron chi connectivity index (χ1n) is 12.2. The number of oxime groups is 1. The predicted octanol–water partition coefficient (Wildman–Crippen LogP) is 1.58. The maximum absolute atomic E-state index is 13.2. The highest BCUT2D eigenvalue weighted by atomic mass is 32.2. The third-order valence-corrected chi connectivity index (χ3v) is 8.23. The lowest BCUT2D eigenvalue weighted by molar-refractivity contribution is -0.394. The van der Waals surface area contributed by atoms with E-state index in [4.69, 9.17) is 10.6 Å². The number of allylic oxidation sites excluding steroid dienone is 1. The molecule has 2 aromatic rings. The van der Waals surface area contributed by atoms with E-state index in [2.05, 4.69) is 15.5 Å². The van der Waals surface area contributed by atoms with Gasteiger partial charge in [-0.15, -0.1) is 23.1 Å². The van der Waals surface area contributed by atoms with Crippen LogP contribution in [0.3, 0.4) is 0 Å². The van der Waals surface area contributed by atoms with Gasteiger partial charge in [-0.05, 0) is 31.6 Å². The molecule has 4 rings (SSSR count). The fourth-order valence-corrected chi connectivity index (χ4v) is 5.86. The minimum absolute atomic E-state index is 0.0360. The van der Waals surface area contributed by atoms with Crippen LogP contribution >= 0.6 is 23.1 Å². The molecule has 0 bridgehead atoms. The van der Waals surface area contributed by atoms with E-state index in [0.717, 1.165) is 58.3 Å². The van der Waals surface area contributed by atoms with E-state index >= 15 is 0 Å². The molecule has 1 saturated heterocycles. The maximum Gasteiger partial charge on any atom is 0.352 e. The molecule has 2 aliphatic rings. The van der Waals surface area contributed by atoms with Gasteiger partial charge in [-0.3, -0.25) is 34.7 Å². The van der Waals surface area contributed by atoms with Gasteiger partial charge < -0.3 is 26.1 Å². The zero-order valence-corrected chi connectivity index (χ0v) is 24.2. The predicted molar refractivity (Wildman–Crippen MR) is 154 cm³/mol. The standard InChI is InChI=1S/C24H21N7O11S2/c1-24(2,22(36)37)42-28-15(12-9-44-23(25)26-12)18(32)27-16-19(33)29-17(21(34)35)10(8-43-20(16)29)6-7-11-13(30(38)39)4-3-5-14(11)31(40)41/h3-7,9,16,20H,8H2,1-2H3,(H2,25,26)(H,27,32)(H,34,35)(H,36,37)/b7-6+,28-15+. The van der Waals surface area contributed by atoms with Crippen LogP contribution in [0, 0.1) is 20.2 Å². The Bertz CT molecular complexity index is 1670. The van der Waals surface area contributed by atoms with Crippen LogP contribution < -0.4 is 11.1 Å². The van der Waals surface area contributed by atoms with E-state index in [9.17, 15) is 49.6 Å². The number of carbonyl (C=O) groups excluding carboxylic acids is 2. The molecule has 1 aromatic carbocycles. The zero-order valence-electron chi connectivity index (χ0n) is 22.5. The monoisotopic (exact) mass is 647 g/mol. The SMILES string of the molecule is CC(C)(O/N=C(/C(=O)NC1C(=O)N2C(C(=O)O)=C(/C=C/c3c([N+](=O)[O-])cccc3[N+](=O)[O-])CSC12)c1csc(N)n1)C(=O)O. The number of benzene rings is 1. The molecule has 2 unspecified atom stereocenters. The number of fused-ring (bicyclic) bond motifs is 1. The lowest BCUT2D eigenvalue weighted by Gasteiger charge is -2.49. The van der Waals surface area contributed by atoms with Gasteiger partial charge in [-0.25, -0.2) is 14.6 Å². The number of thioether (sulfide) groups is 1. The van der Waals surface area contributed by atoms with E-state index in [1.54, 1.807) is 0 Å². The number of hydrogen-bond donors (Lipinski definition) is 4. The van der Waals surface area contributed by atoms with Crippen molar-refractivity contribution in [1.82, 2.24) is 15.2 Å². The van der Waals surface area contributed by atoms with E-state index in [1.165, 1.54) is 19.2 Å². The number of aromatic nitrogens is 1. The summed E-state index contributed by atoms with van der Waals surface area (Å²) < 4.78 is 0. The van der Waals surface area contributed by atoms with Crippen LogP contribution in [0.5, 0.6) is 0 Å². The molecule has 1 fully saturated rings. The molecule has 1 aromatic heterocycles. The van der Waals surface area contributed by atoms with Crippen LogP contribution in [0.2, 0.25) is 0 Å². The average Bonchev–Trinajstić information content (AvgIpc) is 3.39. The Kier molecular flexibility index (Phi) is 8.67. The Hall–Kier alpha value is -5.37. The minimum atomic E-state index is -1.83. The maximum atomic E-state index is 13.2. The molecule has 2 amide bonds. The molecule has 0 radical (unpaired) electrons. The van der Waals surface area contributed by atoms with Crippen LogP contribution in [0.1, 0.15) is 25.1 Å². The minimum Gasteiger partial charge on any atom is -0.478 e. The molecule has 2 aliphatic heterocycles.